The Morgan fingerprint density at radius 2 is 1.86 bits per heavy atom. The smallest absolute Gasteiger partial charge is 0.255 e. The molecule has 0 spiro atoms. The number of carbonyl (C=O) groups excluding carboxylic acids is 1. The van der Waals surface area contributed by atoms with Gasteiger partial charge < -0.3 is 24.4 Å². The molecule has 0 atom stereocenters. The van der Waals surface area contributed by atoms with E-state index in [0.717, 1.165) is 38.4 Å². The van der Waals surface area contributed by atoms with Gasteiger partial charge in [-0.15, -0.1) is 0 Å². The number of ether oxygens (including phenoxy) is 3. The van der Waals surface area contributed by atoms with Gasteiger partial charge in [-0.25, -0.2) is 0 Å². The summed E-state index contributed by atoms with van der Waals surface area (Å²) in [5.74, 6) is 0.692. The molecule has 0 radical (unpaired) electrons. The molecule has 0 aromatic heterocycles. The first-order chi connectivity index (χ1) is 14.1. The van der Waals surface area contributed by atoms with Crippen molar-refractivity contribution in [2.45, 2.75) is 20.3 Å². The highest BCUT2D eigenvalue weighted by molar-refractivity contribution is 6.32. The maximum atomic E-state index is 12.7. The van der Waals surface area contributed by atoms with Crippen molar-refractivity contribution in [3.05, 3.63) is 47.0 Å². The van der Waals surface area contributed by atoms with Gasteiger partial charge in [-0.1, -0.05) is 18.5 Å². The Balaban J connectivity index is 1.72. The first kappa shape index (κ1) is 21.3. The summed E-state index contributed by atoms with van der Waals surface area (Å²) in [6, 6.07) is 11.1. The Labute approximate surface area is 176 Å². The number of benzene rings is 2. The maximum Gasteiger partial charge on any atom is 0.255 e. The first-order valence-corrected chi connectivity index (χ1v) is 10.3. The molecule has 1 N–H and O–H groups in total. The largest absolute Gasteiger partial charge is 0.490 e. The number of nitrogens with one attached hydrogen (secondary N) is 1. The Hall–Kier alpha value is -2.44. The van der Waals surface area contributed by atoms with Gasteiger partial charge in [0.2, 0.25) is 0 Å². The Morgan fingerprint density at radius 1 is 1.14 bits per heavy atom. The molecule has 2 aromatic carbocycles. The van der Waals surface area contributed by atoms with Crippen molar-refractivity contribution in [1.29, 1.82) is 0 Å². The van der Waals surface area contributed by atoms with E-state index in [1.54, 1.807) is 12.1 Å². The Kier molecular flexibility index (Phi) is 7.61. The van der Waals surface area contributed by atoms with Gasteiger partial charge in [0, 0.05) is 30.0 Å². The van der Waals surface area contributed by atoms with E-state index in [2.05, 4.69) is 10.2 Å². The molecule has 0 bridgehead atoms. The summed E-state index contributed by atoms with van der Waals surface area (Å²) in [4.78, 5) is 15.0. The molecular weight excluding hydrogens is 392 g/mol. The number of amides is 1. The van der Waals surface area contributed by atoms with Crippen LogP contribution in [-0.4, -0.2) is 45.4 Å². The summed E-state index contributed by atoms with van der Waals surface area (Å²) in [7, 11) is 0. The second-order valence-corrected chi connectivity index (χ2v) is 7.07. The molecule has 3 rings (SSSR count). The predicted octanol–water partition coefficient (Wildman–Crippen LogP) is 4.62. The van der Waals surface area contributed by atoms with E-state index < -0.39 is 0 Å². The third-order valence-corrected chi connectivity index (χ3v) is 4.80. The quantitative estimate of drug-likeness (QED) is 0.678. The third kappa shape index (κ3) is 5.55. The molecule has 1 aliphatic rings. The minimum atomic E-state index is -0.256. The average molecular weight is 419 g/mol. The van der Waals surface area contributed by atoms with Gasteiger partial charge in [-0.3, -0.25) is 4.79 Å². The van der Waals surface area contributed by atoms with E-state index in [0.29, 0.717) is 41.0 Å². The van der Waals surface area contributed by atoms with Gasteiger partial charge in [-0.2, -0.15) is 0 Å². The summed E-state index contributed by atoms with van der Waals surface area (Å²) in [5, 5.41) is 3.27. The molecule has 0 aliphatic carbocycles. The summed E-state index contributed by atoms with van der Waals surface area (Å²) >= 11 is 6.36. The molecular formula is C22H27ClN2O4. The summed E-state index contributed by atoms with van der Waals surface area (Å²) in [6.07, 6.45) is 0.852. The SMILES string of the molecule is CCCOc1c(Cl)cc(C(=O)Nc2ccc(N3CCOCC3)cc2)cc1OCC. The first-order valence-electron chi connectivity index (χ1n) is 9.95. The van der Waals surface area contributed by atoms with Crippen molar-refractivity contribution in [1.82, 2.24) is 0 Å². The molecule has 0 unspecified atom stereocenters. The average Bonchev–Trinajstić information content (AvgIpc) is 2.74. The fourth-order valence-electron chi connectivity index (χ4n) is 3.09. The minimum absolute atomic E-state index is 0.256. The van der Waals surface area contributed by atoms with Gasteiger partial charge in [0.05, 0.1) is 31.5 Å². The maximum absolute atomic E-state index is 12.7. The van der Waals surface area contributed by atoms with Crippen LogP contribution in [0.2, 0.25) is 5.02 Å². The van der Waals surface area contributed by atoms with Crippen LogP contribution in [0, 0.1) is 0 Å². The lowest BCUT2D eigenvalue weighted by molar-refractivity contribution is 0.102. The van der Waals surface area contributed by atoms with Gasteiger partial charge in [0.15, 0.2) is 11.5 Å². The van der Waals surface area contributed by atoms with Gasteiger partial charge >= 0.3 is 0 Å². The molecule has 1 saturated heterocycles. The summed E-state index contributed by atoms with van der Waals surface area (Å²) in [5.41, 5.74) is 2.25. The Morgan fingerprint density at radius 3 is 2.52 bits per heavy atom. The molecule has 1 heterocycles. The zero-order chi connectivity index (χ0) is 20.6. The summed E-state index contributed by atoms with van der Waals surface area (Å²) in [6.45, 7) is 8.08. The van der Waals surface area contributed by atoms with E-state index in [4.69, 9.17) is 25.8 Å². The van der Waals surface area contributed by atoms with Crippen LogP contribution in [0.5, 0.6) is 11.5 Å². The van der Waals surface area contributed by atoms with Crippen LogP contribution in [0.3, 0.4) is 0 Å². The van der Waals surface area contributed by atoms with E-state index in [-0.39, 0.29) is 5.91 Å². The van der Waals surface area contributed by atoms with Crippen molar-refractivity contribution < 1.29 is 19.0 Å². The zero-order valence-corrected chi connectivity index (χ0v) is 17.6. The molecule has 29 heavy (non-hydrogen) atoms. The van der Waals surface area contributed by atoms with Crippen LogP contribution in [0.4, 0.5) is 11.4 Å². The van der Waals surface area contributed by atoms with E-state index in [9.17, 15) is 4.79 Å². The molecule has 156 valence electrons. The number of nitrogens with zero attached hydrogens (tertiary/aromatic N) is 1. The van der Waals surface area contributed by atoms with Crippen molar-refractivity contribution in [2.75, 3.05) is 49.7 Å². The molecule has 1 amide bonds. The van der Waals surface area contributed by atoms with Crippen LogP contribution in [0.15, 0.2) is 36.4 Å². The van der Waals surface area contributed by atoms with Crippen molar-refractivity contribution in [2.24, 2.45) is 0 Å². The number of hydrogen-bond donors (Lipinski definition) is 1. The highest BCUT2D eigenvalue weighted by atomic mass is 35.5. The number of hydrogen-bond acceptors (Lipinski definition) is 5. The fraction of sp³-hybridized carbons (Fsp3) is 0.409. The molecule has 0 saturated carbocycles. The number of carbonyl (C=O) groups is 1. The lowest BCUT2D eigenvalue weighted by Gasteiger charge is -2.28. The predicted molar refractivity (Wildman–Crippen MR) is 116 cm³/mol. The normalized spacial score (nSPS) is 13.8. The van der Waals surface area contributed by atoms with Crippen LogP contribution >= 0.6 is 11.6 Å². The van der Waals surface area contributed by atoms with Crippen molar-refractivity contribution >= 4 is 28.9 Å². The number of anilines is 2. The fourth-order valence-corrected chi connectivity index (χ4v) is 3.35. The second kappa shape index (κ2) is 10.4. The minimum Gasteiger partial charge on any atom is -0.490 e. The lowest BCUT2D eigenvalue weighted by atomic mass is 10.1. The van der Waals surface area contributed by atoms with E-state index in [1.165, 1.54) is 0 Å². The van der Waals surface area contributed by atoms with Gasteiger partial charge in [-0.05, 0) is 49.7 Å². The van der Waals surface area contributed by atoms with Crippen LogP contribution in [0.25, 0.3) is 0 Å². The topological polar surface area (TPSA) is 60.0 Å². The molecule has 1 aliphatic heterocycles. The number of rotatable bonds is 8. The van der Waals surface area contributed by atoms with Crippen LogP contribution < -0.4 is 19.7 Å². The molecule has 2 aromatic rings. The zero-order valence-electron chi connectivity index (χ0n) is 16.9. The van der Waals surface area contributed by atoms with Gasteiger partial charge in [0.25, 0.3) is 5.91 Å². The Bertz CT molecular complexity index is 820. The van der Waals surface area contributed by atoms with Crippen LogP contribution in [-0.2, 0) is 4.74 Å². The number of morpholine rings is 1. The van der Waals surface area contributed by atoms with Crippen molar-refractivity contribution in [3.63, 3.8) is 0 Å². The molecule has 1 fully saturated rings. The second-order valence-electron chi connectivity index (χ2n) is 6.67. The standard InChI is InChI=1S/C22H27ClN2O4/c1-3-11-29-21-19(23)14-16(15-20(21)28-4-2)22(26)24-17-5-7-18(8-6-17)25-9-12-27-13-10-25/h5-8,14-15H,3-4,9-13H2,1-2H3,(H,24,26). The monoisotopic (exact) mass is 418 g/mol. The molecule has 6 nitrogen and oxygen atoms in total. The summed E-state index contributed by atoms with van der Waals surface area (Å²) < 4.78 is 16.7. The van der Waals surface area contributed by atoms with Gasteiger partial charge in [0.1, 0.15) is 0 Å². The van der Waals surface area contributed by atoms with Crippen molar-refractivity contribution in [3.8, 4) is 11.5 Å². The van der Waals surface area contributed by atoms with Crippen LogP contribution in [0.1, 0.15) is 30.6 Å². The molecule has 7 heteroatoms. The highest BCUT2D eigenvalue weighted by Gasteiger charge is 2.17. The third-order valence-electron chi connectivity index (χ3n) is 4.52. The highest BCUT2D eigenvalue weighted by Crippen LogP contribution is 2.37. The van der Waals surface area contributed by atoms with E-state index in [1.807, 2.05) is 38.1 Å². The number of halogens is 1. The van der Waals surface area contributed by atoms with E-state index >= 15 is 0 Å². The lowest BCUT2D eigenvalue weighted by Crippen LogP contribution is -2.36.